The summed E-state index contributed by atoms with van der Waals surface area (Å²) in [6, 6.07) is 0.187. The smallest absolute Gasteiger partial charge is 0.246 e. The number of nitrogens with one attached hydrogen (secondary N) is 1. The topological polar surface area (TPSA) is 66.1 Å². The minimum Gasteiger partial charge on any atom is -0.281 e. The van der Waals surface area contributed by atoms with Crippen LogP contribution in [0.4, 0.5) is 0 Å². The molecule has 2 aliphatic rings. The van der Waals surface area contributed by atoms with Crippen molar-refractivity contribution in [3.63, 3.8) is 0 Å². The number of aromatic nitrogens is 2. The molecule has 3 atom stereocenters. The number of hydrogen-bond donors (Lipinski definition) is 1. The maximum absolute atomic E-state index is 12.9. The Labute approximate surface area is 120 Å². The molecular weight excluding hydrogens is 274 g/mol. The highest BCUT2D eigenvalue weighted by atomic mass is 32.2. The van der Waals surface area contributed by atoms with Crippen molar-refractivity contribution in [3.8, 4) is 0 Å². The van der Waals surface area contributed by atoms with Gasteiger partial charge in [-0.15, -0.1) is 0 Å². The van der Waals surface area contributed by atoms with Gasteiger partial charge in [-0.2, -0.15) is 9.40 Å². The van der Waals surface area contributed by atoms with Crippen LogP contribution in [0.2, 0.25) is 0 Å². The summed E-state index contributed by atoms with van der Waals surface area (Å²) < 4.78 is 27.6. The molecule has 0 spiro atoms. The van der Waals surface area contributed by atoms with Crippen LogP contribution in [0.3, 0.4) is 0 Å². The van der Waals surface area contributed by atoms with Gasteiger partial charge in [-0.05, 0) is 38.0 Å². The first-order valence-electron chi connectivity index (χ1n) is 7.53. The van der Waals surface area contributed by atoms with Crippen molar-refractivity contribution in [3.05, 3.63) is 11.9 Å². The second-order valence-electron chi connectivity index (χ2n) is 6.26. The van der Waals surface area contributed by atoms with Crippen LogP contribution >= 0.6 is 0 Å². The molecule has 0 aromatic carbocycles. The zero-order valence-electron chi connectivity index (χ0n) is 12.2. The zero-order chi connectivity index (χ0) is 14.3. The number of fused-ring (bicyclic) bond motifs is 1. The van der Waals surface area contributed by atoms with E-state index in [4.69, 9.17) is 0 Å². The van der Waals surface area contributed by atoms with Gasteiger partial charge in [-0.1, -0.05) is 19.8 Å². The Kier molecular flexibility index (Phi) is 3.62. The summed E-state index contributed by atoms with van der Waals surface area (Å²) in [5.74, 6) is 1.16. The lowest BCUT2D eigenvalue weighted by atomic mass is 9.74. The first-order valence-corrected chi connectivity index (χ1v) is 8.97. The molecule has 1 aromatic rings. The van der Waals surface area contributed by atoms with E-state index in [9.17, 15) is 8.42 Å². The summed E-state index contributed by atoms with van der Waals surface area (Å²) in [6.07, 6.45) is 6.97. The van der Waals surface area contributed by atoms with E-state index in [1.165, 1.54) is 19.0 Å². The Hall–Kier alpha value is -0.880. The van der Waals surface area contributed by atoms with Gasteiger partial charge >= 0.3 is 0 Å². The molecule has 2 fully saturated rings. The van der Waals surface area contributed by atoms with Crippen molar-refractivity contribution in [2.45, 2.75) is 56.9 Å². The summed E-state index contributed by atoms with van der Waals surface area (Å²) in [5.41, 5.74) is 0.635. The minimum absolute atomic E-state index is 0.187. The Morgan fingerprint density at radius 3 is 2.75 bits per heavy atom. The first kappa shape index (κ1) is 14.1. The van der Waals surface area contributed by atoms with E-state index < -0.39 is 10.0 Å². The van der Waals surface area contributed by atoms with Crippen molar-refractivity contribution in [2.24, 2.45) is 11.8 Å². The Bertz CT molecular complexity index is 581. The van der Waals surface area contributed by atoms with E-state index in [1.54, 1.807) is 11.2 Å². The molecular formula is C14H23N3O2S. The maximum atomic E-state index is 12.9. The lowest BCUT2D eigenvalue weighted by molar-refractivity contribution is 0.0827. The van der Waals surface area contributed by atoms with Gasteiger partial charge in [0.2, 0.25) is 10.0 Å². The fourth-order valence-corrected chi connectivity index (χ4v) is 5.73. The molecule has 1 aliphatic carbocycles. The molecule has 0 radical (unpaired) electrons. The molecule has 3 rings (SSSR count). The van der Waals surface area contributed by atoms with Crippen molar-refractivity contribution in [1.82, 2.24) is 14.5 Å². The van der Waals surface area contributed by atoms with Crippen molar-refractivity contribution in [1.29, 1.82) is 0 Å². The molecule has 1 saturated carbocycles. The third-order valence-corrected chi connectivity index (χ3v) is 7.10. The first-order chi connectivity index (χ1) is 9.51. The number of piperidine rings is 1. The summed E-state index contributed by atoms with van der Waals surface area (Å²) in [7, 11) is -3.40. The summed E-state index contributed by atoms with van der Waals surface area (Å²) in [4.78, 5) is 0.344. The number of aromatic amines is 1. The van der Waals surface area contributed by atoms with Crippen LogP contribution in [0.25, 0.3) is 0 Å². The lowest BCUT2D eigenvalue weighted by Gasteiger charge is -2.46. The molecule has 1 saturated heterocycles. The molecule has 1 aromatic heterocycles. The molecule has 112 valence electrons. The van der Waals surface area contributed by atoms with Crippen molar-refractivity contribution in [2.75, 3.05) is 6.54 Å². The third kappa shape index (κ3) is 2.19. The molecule has 20 heavy (non-hydrogen) atoms. The van der Waals surface area contributed by atoms with Gasteiger partial charge < -0.3 is 0 Å². The maximum Gasteiger partial charge on any atom is 0.246 e. The molecule has 6 heteroatoms. The molecule has 1 N–H and O–H groups in total. The van der Waals surface area contributed by atoms with Gasteiger partial charge in [0.25, 0.3) is 0 Å². The number of rotatable bonds is 2. The Morgan fingerprint density at radius 1 is 1.30 bits per heavy atom. The summed E-state index contributed by atoms with van der Waals surface area (Å²) >= 11 is 0. The molecule has 1 aliphatic heterocycles. The van der Waals surface area contributed by atoms with Crippen molar-refractivity contribution < 1.29 is 8.42 Å². The van der Waals surface area contributed by atoms with Gasteiger partial charge in [-0.3, -0.25) is 5.10 Å². The fraction of sp³-hybridized carbons (Fsp3) is 0.786. The highest BCUT2D eigenvalue weighted by Gasteiger charge is 2.43. The van der Waals surface area contributed by atoms with Crippen LogP contribution in [0.5, 0.6) is 0 Å². The van der Waals surface area contributed by atoms with Gasteiger partial charge in [-0.25, -0.2) is 8.42 Å². The second kappa shape index (κ2) is 5.15. The Balaban J connectivity index is 1.95. The average Bonchev–Trinajstić information content (AvgIpc) is 2.86. The van der Waals surface area contributed by atoms with E-state index in [1.807, 2.05) is 0 Å². The predicted molar refractivity (Wildman–Crippen MR) is 76.7 cm³/mol. The lowest BCUT2D eigenvalue weighted by Crippen LogP contribution is -2.52. The highest BCUT2D eigenvalue weighted by Crippen LogP contribution is 2.41. The van der Waals surface area contributed by atoms with E-state index >= 15 is 0 Å². The largest absolute Gasteiger partial charge is 0.281 e. The van der Waals surface area contributed by atoms with Gasteiger partial charge in [0.05, 0.1) is 11.9 Å². The minimum atomic E-state index is -3.40. The van der Waals surface area contributed by atoms with E-state index in [0.717, 1.165) is 19.3 Å². The van der Waals surface area contributed by atoms with E-state index in [-0.39, 0.29) is 6.04 Å². The van der Waals surface area contributed by atoms with Crippen LogP contribution < -0.4 is 0 Å². The summed E-state index contributed by atoms with van der Waals surface area (Å²) in [6.45, 7) is 4.69. The van der Waals surface area contributed by atoms with Crippen molar-refractivity contribution >= 4 is 10.0 Å². The SMILES string of the molecule is Cc1[nH]ncc1S(=O)(=O)N1CCC(C)C2CCCCC21. The quantitative estimate of drug-likeness (QED) is 0.911. The molecule has 3 unspecified atom stereocenters. The number of nitrogens with zero attached hydrogens (tertiary/aromatic N) is 2. The number of hydrogen-bond acceptors (Lipinski definition) is 3. The number of aryl methyl sites for hydroxylation is 1. The average molecular weight is 297 g/mol. The zero-order valence-corrected chi connectivity index (χ0v) is 13.0. The monoisotopic (exact) mass is 297 g/mol. The predicted octanol–water partition coefficient (Wildman–Crippen LogP) is 2.31. The van der Waals surface area contributed by atoms with Crippen LogP contribution in [-0.4, -0.2) is 35.5 Å². The van der Waals surface area contributed by atoms with Crippen LogP contribution in [0.1, 0.15) is 44.7 Å². The van der Waals surface area contributed by atoms with Gasteiger partial charge in [0.15, 0.2) is 0 Å². The molecule has 2 heterocycles. The standard InChI is InChI=1S/C14H23N3O2S/c1-10-7-8-17(13-6-4-3-5-12(10)13)20(18,19)14-9-15-16-11(14)2/h9-10,12-13H,3-8H2,1-2H3,(H,15,16). The van der Waals surface area contributed by atoms with Crippen LogP contribution in [0, 0.1) is 18.8 Å². The number of H-pyrrole nitrogens is 1. The van der Waals surface area contributed by atoms with Crippen LogP contribution in [0.15, 0.2) is 11.1 Å². The second-order valence-corrected chi connectivity index (χ2v) is 8.12. The highest BCUT2D eigenvalue weighted by molar-refractivity contribution is 7.89. The fourth-order valence-electron chi connectivity index (χ4n) is 3.90. The normalized spacial score (nSPS) is 32.0. The molecule has 0 bridgehead atoms. The van der Waals surface area contributed by atoms with Crippen LogP contribution in [-0.2, 0) is 10.0 Å². The summed E-state index contributed by atoms with van der Waals surface area (Å²) in [5, 5.41) is 6.61. The van der Waals surface area contributed by atoms with Gasteiger partial charge in [0.1, 0.15) is 4.90 Å². The van der Waals surface area contributed by atoms with E-state index in [2.05, 4.69) is 17.1 Å². The van der Waals surface area contributed by atoms with E-state index in [0.29, 0.717) is 29.0 Å². The van der Waals surface area contributed by atoms with Gasteiger partial charge in [0, 0.05) is 12.6 Å². The molecule has 5 nitrogen and oxygen atoms in total. The molecule has 0 amide bonds. The Morgan fingerprint density at radius 2 is 2.05 bits per heavy atom. The third-order valence-electron chi connectivity index (χ3n) is 5.06. The number of sulfonamides is 1.